The van der Waals surface area contributed by atoms with Crippen LogP contribution in [0.4, 0.5) is 0 Å². The third-order valence-corrected chi connectivity index (χ3v) is 2.57. The number of hydrogen-bond acceptors (Lipinski definition) is 2. The Kier molecular flexibility index (Phi) is 1.90. The average molecular weight is 209 g/mol. The zero-order chi connectivity index (χ0) is 11.0. The van der Waals surface area contributed by atoms with Crippen molar-refractivity contribution in [2.24, 2.45) is 0 Å². The van der Waals surface area contributed by atoms with Crippen LogP contribution >= 0.6 is 0 Å². The maximum atomic E-state index is 11.5. The van der Waals surface area contributed by atoms with Crippen LogP contribution in [0.3, 0.4) is 0 Å². The van der Waals surface area contributed by atoms with E-state index < -0.39 is 0 Å². The van der Waals surface area contributed by atoms with Crippen molar-refractivity contribution in [3.05, 3.63) is 54.9 Å². The molecule has 0 saturated heterocycles. The minimum atomic E-state index is -0.0350. The number of imidazole rings is 1. The lowest BCUT2D eigenvalue weighted by Crippen LogP contribution is -1.93. The summed E-state index contributed by atoms with van der Waals surface area (Å²) in [7, 11) is 0. The van der Waals surface area contributed by atoms with Crippen LogP contribution in [0.15, 0.2) is 54.9 Å². The average Bonchev–Trinajstić information content (AvgIpc) is 2.75. The molecule has 0 spiro atoms. The highest BCUT2D eigenvalue weighted by atomic mass is 16.3. The number of nitrogens with zero attached hydrogens (tertiary/aromatic N) is 2. The van der Waals surface area contributed by atoms with Gasteiger partial charge in [0.2, 0.25) is 0 Å². The summed E-state index contributed by atoms with van der Waals surface area (Å²) < 4.78 is 1.91. The van der Waals surface area contributed by atoms with Crippen LogP contribution in [0.5, 0.6) is 5.75 Å². The Morgan fingerprint density at radius 3 is 2.56 bits per heavy atom. The zero-order valence-electron chi connectivity index (χ0n) is 8.50. The van der Waals surface area contributed by atoms with Gasteiger partial charge in [0, 0.05) is 5.69 Å². The first-order valence-electron chi connectivity index (χ1n) is 5.05. The molecule has 2 aromatic carbocycles. The number of aromatic nitrogens is 2. The van der Waals surface area contributed by atoms with E-state index in [1.54, 1.807) is 12.4 Å². The van der Waals surface area contributed by atoms with Crippen LogP contribution in [0.1, 0.15) is 0 Å². The summed E-state index contributed by atoms with van der Waals surface area (Å²) in [6.07, 6.45) is 1.68. The van der Waals surface area contributed by atoms with E-state index in [1.807, 2.05) is 41.0 Å². The number of benzene rings is 2. The molecule has 16 heavy (non-hydrogen) atoms. The predicted octanol–water partition coefficient (Wildman–Crippen LogP) is 2.10. The second kappa shape index (κ2) is 3.38. The number of fused-ring (bicyclic) bond motifs is 1. The van der Waals surface area contributed by atoms with Crippen molar-refractivity contribution < 1.29 is 5.11 Å². The molecule has 0 amide bonds. The largest absolute Gasteiger partial charge is 0.871 e. The molecule has 3 nitrogen and oxygen atoms in total. The van der Waals surface area contributed by atoms with Crippen molar-refractivity contribution in [3.63, 3.8) is 0 Å². The molecule has 3 heteroatoms. The fraction of sp³-hybridized carbons (Fsp3) is 0. The summed E-state index contributed by atoms with van der Waals surface area (Å²) in [6.45, 7) is 0. The SMILES string of the molecule is [O-]c1cccc2c1ncn2-c1ccccc1. The first-order chi connectivity index (χ1) is 7.86. The lowest BCUT2D eigenvalue weighted by atomic mass is 10.2. The first-order valence-corrected chi connectivity index (χ1v) is 5.05. The fourth-order valence-corrected chi connectivity index (χ4v) is 1.81. The molecule has 0 saturated carbocycles. The lowest BCUT2D eigenvalue weighted by Gasteiger charge is -2.07. The van der Waals surface area contributed by atoms with E-state index in [0.29, 0.717) is 5.52 Å². The summed E-state index contributed by atoms with van der Waals surface area (Å²) in [4.78, 5) is 4.15. The molecule has 0 aliphatic rings. The highest BCUT2D eigenvalue weighted by molar-refractivity contribution is 5.82. The van der Waals surface area contributed by atoms with Crippen molar-refractivity contribution in [1.29, 1.82) is 0 Å². The lowest BCUT2D eigenvalue weighted by molar-refractivity contribution is -0.266. The zero-order valence-corrected chi connectivity index (χ0v) is 8.50. The van der Waals surface area contributed by atoms with Crippen molar-refractivity contribution in [2.45, 2.75) is 0 Å². The molecular weight excluding hydrogens is 200 g/mol. The number of rotatable bonds is 1. The molecule has 0 atom stereocenters. The van der Waals surface area contributed by atoms with Crippen LogP contribution in [0.25, 0.3) is 16.7 Å². The van der Waals surface area contributed by atoms with Gasteiger partial charge in [0.05, 0.1) is 11.0 Å². The van der Waals surface area contributed by atoms with Gasteiger partial charge in [-0.15, -0.1) is 0 Å². The smallest absolute Gasteiger partial charge is 0.100 e. The number of para-hydroxylation sites is 2. The van der Waals surface area contributed by atoms with E-state index in [1.165, 1.54) is 6.07 Å². The van der Waals surface area contributed by atoms with E-state index in [2.05, 4.69) is 4.98 Å². The van der Waals surface area contributed by atoms with Crippen LogP contribution < -0.4 is 5.11 Å². The second-order valence-corrected chi connectivity index (χ2v) is 3.57. The summed E-state index contributed by atoms with van der Waals surface area (Å²) in [5, 5.41) is 11.5. The molecule has 3 aromatic rings. The maximum absolute atomic E-state index is 11.5. The monoisotopic (exact) mass is 209 g/mol. The van der Waals surface area contributed by atoms with E-state index >= 15 is 0 Å². The predicted molar refractivity (Wildman–Crippen MR) is 60.5 cm³/mol. The highest BCUT2D eigenvalue weighted by Gasteiger charge is 2.03. The molecule has 0 radical (unpaired) electrons. The van der Waals surface area contributed by atoms with Crippen molar-refractivity contribution in [2.75, 3.05) is 0 Å². The molecule has 1 heterocycles. The van der Waals surface area contributed by atoms with Gasteiger partial charge in [0.25, 0.3) is 0 Å². The summed E-state index contributed by atoms with van der Waals surface area (Å²) in [5.41, 5.74) is 2.38. The fourth-order valence-electron chi connectivity index (χ4n) is 1.81. The van der Waals surface area contributed by atoms with Gasteiger partial charge < -0.3 is 5.11 Å². The molecule has 3 rings (SSSR count). The van der Waals surface area contributed by atoms with Crippen LogP contribution in [-0.2, 0) is 0 Å². The molecule has 0 unspecified atom stereocenters. The maximum Gasteiger partial charge on any atom is 0.100 e. The Morgan fingerprint density at radius 2 is 1.75 bits per heavy atom. The minimum absolute atomic E-state index is 0.0350. The number of hydrogen-bond donors (Lipinski definition) is 0. The molecule has 0 N–H and O–H groups in total. The summed E-state index contributed by atoms with van der Waals surface area (Å²) in [6, 6.07) is 15.0. The Hall–Kier alpha value is -2.29. The molecule has 0 bridgehead atoms. The van der Waals surface area contributed by atoms with Crippen molar-refractivity contribution in [1.82, 2.24) is 9.55 Å². The first kappa shape index (κ1) is 8.97. The van der Waals surface area contributed by atoms with Gasteiger partial charge in [-0.05, 0) is 18.2 Å². The van der Waals surface area contributed by atoms with Crippen molar-refractivity contribution >= 4 is 11.0 Å². The van der Waals surface area contributed by atoms with Gasteiger partial charge in [0.15, 0.2) is 0 Å². The van der Waals surface area contributed by atoms with Crippen LogP contribution in [-0.4, -0.2) is 9.55 Å². The Bertz CT molecular complexity index is 629. The Labute approximate surface area is 92.6 Å². The Balaban J connectivity index is 2.30. The van der Waals surface area contributed by atoms with Gasteiger partial charge in [-0.3, -0.25) is 4.57 Å². The molecule has 0 aliphatic carbocycles. The van der Waals surface area contributed by atoms with Gasteiger partial charge in [-0.2, -0.15) is 0 Å². The quantitative estimate of drug-likeness (QED) is 0.615. The van der Waals surface area contributed by atoms with E-state index in [4.69, 9.17) is 0 Å². The third-order valence-electron chi connectivity index (χ3n) is 2.57. The van der Waals surface area contributed by atoms with E-state index in [0.717, 1.165) is 11.2 Å². The molecule has 78 valence electrons. The summed E-state index contributed by atoms with van der Waals surface area (Å²) >= 11 is 0. The molecule has 0 fully saturated rings. The van der Waals surface area contributed by atoms with Gasteiger partial charge in [-0.25, -0.2) is 4.98 Å². The minimum Gasteiger partial charge on any atom is -0.871 e. The second-order valence-electron chi connectivity index (χ2n) is 3.57. The molecular formula is C13H9N2O-. The highest BCUT2D eigenvalue weighted by Crippen LogP contribution is 2.22. The van der Waals surface area contributed by atoms with E-state index in [-0.39, 0.29) is 5.75 Å². The molecule has 1 aromatic heterocycles. The van der Waals surface area contributed by atoms with Gasteiger partial charge in [0.1, 0.15) is 6.33 Å². The summed E-state index contributed by atoms with van der Waals surface area (Å²) in [5.74, 6) is -0.0350. The Morgan fingerprint density at radius 1 is 0.938 bits per heavy atom. The molecule has 0 aliphatic heterocycles. The van der Waals surface area contributed by atoms with Gasteiger partial charge >= 0.3 is 0 Å². The van der Waals surface area contributed by atoms with E-state index in [9.17, 15) is 5.11 Å². The standard InChI is InChI=1S/C13H10N2O/c16-12-8-4-7-11-13(12)14-9-15(11)10-5-2-1-3-6-10/h1-9,16H/p-1. The van der Waals surface area contributed by atoms with Crippen LogP contribution in [0.2, 0.25) is 0 Å². The third kappa shape index (κ3) is 1.26. The topological polar surface area (TPSA) is 40.9 Å². The van der Waals surface area contributed by atoms with Crippen molar-refractivity contribution in [3.8, 4) is 11.4 Å². The normalized spacial score (nSPS) is 10.8. The van der Waals surface area contributed by atoms with Crippen LogP contribution in [0, 0.1) is 0 Å². The van der Waals surface area contributed by atoms with Gasteiger partial charge in [-0.1, -0.05) is 36.1 Å².